The summed E-state index contributed by atoms with van der Waals surface area (Å²) >= 11 is 0. The van der Waals surface area contributed by atoms with E-state index in [0.717, 1.165) is 6.54 Å². The third-order valence-corrected chi connectivity index (χ3v) is 2.04. The molecule has 2 unspecified atom stereocenters. The Labute approximate surface area is 92.1 Å². The Morgan fingerprint density at radius 1 is 1.53 bits per heavy atom. The normalized spacial score (nSPS) is 14.3. The van der Waals surface area contributed by atoms with Gasteiger partial charge in [-0.1, -0.05) is 13.0 Å². The number of rotatable bonds is 8. The maximum atomic E-state index is 11.4. The monoisotopic (exact) mass is 214 g/mol. The standard InChI is InChI=1S/C11H22N2O2/c1-5-6-12-11(14)10(3)13-7-9(2)8-15-4/h5,9-10,13H,1,6-8H2,2-4H3,(H,12,14). The van der Waals surface area contributed by atoms with E-state index in [0.29, 0.717) is 19.1 Å². The number of nitrogens with one attached hydrogen (secondary N) is 2. The smallest absolute Gasteiger partial charge is 0.237 e. The van der Waals surface area contributed by atoms with E-state index >= 15 is 0 Å². The molecule has 4 heteroatoms. The van der Waals surface area contributed by atoms with Gasteiger partial charge in [0.15, 0.2) is 0 Å². The zero-order valence-corrected chi connectivity index (χ0v) is 9.88. The lowest BCUT2D eigenvalue weighted by molar-refractivity contribution is -0.122. The molecule has 0 saturated carbocycles. The Morgan fingerprint density at radius 2 is 2.20 bits per heavy atom. The van der Waals surface area contributed by atoms with Gasteiger partial charge in [-0.25, -0.2) is 0 Å². The lowest BCUT2D eigenvalue weighted by Crippen LogP contribution is -2.44. The van der Waals surface area contributed by atoms with Gasteiger partial charge in [-0.15, -0.1) is 6.58 Å². The Morgan fingerprint density at radius 3 is 2.73 bits per heavy atom. The van der Waals surface area contributed by atoms with E-state index in [-0.39, 0.29) is 11.9 Å². The van der Waals surface area contributed by atoms with E-state index in [1.807, 2.05) is 6.92 Å². The molecule has 0 aliphatic carbocycles. The number of carbonyl (C=O) groups is 1. The second-order valence-electron chi connectivity index (χ2n) is 3.72. The predicted octanol–water partition coefficient (Wildman–Crippen LogP) is 0.549. The zero-order chi connectivity index (χ0) is 11.7. The van der Waals surface area contributed by atoms with Gasteiger partial charge >= 0.3 is 0 Å². The fourth-order valence-electron chi connectivity index (χ4n) is 1.14. The Bertz CT molecular complexity index is 195. The molecule has 0 aliphatic rings. The summed E-state index contributed by atoms with van der Waals surface area (Å²) in [5.74, 6) is 0.407. The minimum atomic E-state index is -0.177. The largest absolute Gasteiger partial charge is 0.384 e. The van der Waals surface area contributed by atoms with E-state index in [1.54, 1.807) is 13.2 Å². The van der Waals surface area contributed by atoms with Crippen LogP contribution in [0.25, 0.3) is 0 Å². The van der Waals surface area contributed by atoms with Crippen molar-refractivity contribution >= 4 is 5.91 Å². The van der Waals surface area contributed by atoms with Crippen molar-refractivity contribution in [3.63, 3.8) is 0 Å². The molecule has 0 aliphatic heterocycles. The molecule has 0 aromatic rings. The van der Waals surface area contributed by atoms with E-state index in [2.05, 4.69) is 24.1 Å². The molecule has 0 saturated heterocycles. The van der Waals surface area contributed by atoms with Gasteiger partial charge in [0.1, 0.15) is 0 Å². The van der Waals surface area contributed by atoms with Crippen LogP contribution in [0.2, 0.25) is 0 Å². The SMILES string of the molecule is C=CCNC(=O)C(C)NCC(C)COC. The maximum absolute atomic E-state index is 11.4. The Balaban J connectivity index is 3.67. The van der Waals surface area contributed by atoms with Crippen LogP contribution in [0, 0.1) is 5.92 Å². The van der Waals surface area contributed by atoms with E-state index in [9.17, 15) is 4.79 Å². The van der Waals surface area contributed by atoms with E-state index in [4.69, 9.17) is 4.74 Å². The van der Waals surface area contributed by atoms with Gasteiger partial charge < -0.3 is 15.4 Å². The van der Waals surface area contributed by atoms with Crippen molar-refractivity contribution in [1.82, 2.24) is 10.6 Å². The van der Waals surface area contributed by atoms with Crippen molar-refractivity contribution in [3.8, 4) is 0 Å². The third kappa shape index (κ3) is 7.11. The quantitative estimate of drug-likeness (QED) is 0.580. The summed E-state index contributed by atoms with van der Waals surface area (Å²) in [5.41, 5.74) is 0. The van der Waals surface area contributed by atoms with Gasteiger partial charge in [0.05, 0.1) is 6.04 Å². The molecule has 4 nitrogen and oxygen atoms in total. The molecule has 15 heavy (non-hydrogen) atoms. The number of hydrogen-bond acceptors (Lipinski definition) is 3. The summed E-state index contributed by atoms with van der Waals surface area (Å²) in [6, 6.07) is -0.177. The topological polar surface area (TPSA) is 50.4 Å². The average Bonchev–Trinajstić information content (AvgIpc) is 2.22. The molecule has 0 aromatic heterocycles. The van der Waals surface area contributed by atoms with Crippen LogP contribution < -0.4 is 10.6 Å². The third-order valence-electron chi connectivity index (χ3n) is 2.04. The summed E-state index contributed by atoms with van der Waals surface area (Å²) < 4.78 is 5.01. The number of ether oxygens (including phenoxy) is 1. The van der Waals surface area contributed by atoms with Crippen LogP contribution in [0.1, 0.15) is 13.8 Å². The van der Waals surface area contributed by atoms with Crippen LogP contribution in [0.5, 0.6) is 0 Å². The molecule has 88 valence electrons. The number of carbonyl (C=O) groups excluding carboxylic acids is 1. The highest BCUT2D eigenvalue weighted by Crippen LogP contribution is 1.93. The molecule has 1 amide bonds. The molecule has 0 fully saturated rings. The van der Waals surface area contributed by atoms with Gasteiger partial charge in [-0.3, -0.25) is 4.79 Å². The van der Waals surface area contributed by atoms with Crippen molar-refractivity contribution in [2.75, 3.05) is 26.8 Å². The van der Waals surface area contributed by atoms with Crippen molar-refractivity contribution in [2.45, 2.75) is 19.9 Å². The average molecular weight is 214 g/mol. The van der Waals surface area contributed by atoms with Gasteiger partial charge in [-0.05, 0) is 12.8 Å². The van der Waals surface area contributed by atoms with Crippen LogP contribution in [0.4, 0.5) is 0 Å². The second kappa shape index (κ2) is 8.44. The van der Waals surface area contributed by atoms with Gasteiger partial charge in [0, 0.05) is 26.8 Å². The molecule has 0 bridgehead atoms. The fraction of sp³-hybridized carbons (Fsp3) is 0.727. The van der Waals surface area contributed by atoms with Gasteiger partial charge in [-0.2, -0.15) is 0 Å². The number of methoxy groups -OCH3 is 1. The van der Waals surface area contributed by atoms with Crippen LogP contribution in [-0.4, -0.2) is 38.8 Å². The fourth-order valence-corrected chi connectivity index (χ4v) is 1.14. The molecule has 0 radical (unpaired) electrons. The first-order valence-electron chi connectivity index (χ1n) is 5.22. The van der Waals surface area contributed by atoms with E-state index in [1.165, 1.54) is 0 Å². The highest BCUT2D eigenvalue weighted by molar-refractivity contribution is 5.81. The molecule has 2 N–H and O–H groups in total. The van der Waals surface area contributed by atoms with Crippen LogP contribution in [0.3, 0.4) is 0 Å². The summed E-state index contributed by atoms with van der Waals surface area (Å²) in [5, 5.41) is 5.89. The summed E-state index contributed by atoms with van der Waals surface area (Å²) in [7, 11) is 1.68. The predicted molar refractivity (Wildman–Crippen MR) is 61.7 cm³/mol. The van der Waals surface area contributed by atoms with Crippen LogP contribution >= 0.6 is 0 Å². The Kier molecular flexibility index (Phi) is 7.95. The van der Waals surface area contributed by atoms with Gasteiger partial charge in [0.25, 0.3) is 0 Å². The minimum Gasteiger partial charge on any atom is -0.384 e. The summed E-state index contributed by atoms with van der Waals surface area (Å²) in [6.07, 6.45) is 1.66. The zero-order valence-electron chi connectivity index (χ0n) is 9.88. The van der Waals surface area contributed by atoms with Gasteiger partial charge in [0.2, 0.25) is 5.91 Å². The van der Waals surface area contributed by atoms with Crippen LogP contribution in [-0.2, 0) is 9.53 Å². The summed E-state index contributed by atoms with van der Waals surface area (Å²) in [6.45, 7) is 9.45. The minimum absolute atomic E-state index is 0.000447. The Hall–Kier alpha value is -0.870. The first-order valence-corrected chi connectivity index (χ1v) is 5.22. The maximum Gasteiger partial charge on any atom is 0.237 e. The first kappa shape index (κ1) is 14.1. The summed E-state index contributed by atoms with van der Waals surface area (Å²) in [4.78, 5) is 11.4. The molecule has 0 aromatic carbocycles. The van der Waals surface area contributed by atoms with Crippen molar-refractivity contribution in [2.24, 2.45) is 5.92 Å². The molecular weight excluding hydrogens is 192 g/mol. The van der Waals surface area contributed by atoms with Crippen LogP contribution in [0.15, 0.2) is 12.7 Å². The number of hydrogen-bond donors (Lipinski definition) is 2. The van der Waals surface area contributed by atoms with Crippen molar-refractivity contribution in [1.29, 1.82) is 0 Å². The molecule has 0 heterocycles. The molecule has 0 rings (SSSR count). The second-order valence-corrected chi connectivity index (χ2v) is 3.72. The highest BCUT2D eigenvalue weighted by Gasteiger charge is 2.12. The van der Waals surface area contributed by atoms with Crippen molar-refractivity contribution < 1.29 is 9.53 Å². The molecular formula is C11H22N2O2. The number of amides is 1. The molecule has 2 atom stereocenters. The lowest BCUT2D eigenvalue weighted by atomic mass is 10.2. The molecule has 0 spiro atoms. The lowest BCUT2D eigenvalue weighted by Gasteiger charge is -2.16. The first-order chi connectivity index (χ1) is 7.11. The van der Waals surface area contributed by atoms with Crippen molar-refractivity contribution in [3.05, 3.63) is 12.7 Å². The van der Waals surface area contributed by atoms with E-state index < -0.39 is 0 Å². The highest BCUT2D eigenvalue weighted by atomic mass is 16.5.